The van der Waals surface area contributed by atoms with Crippen LogP contribution in [0.2, 0.25) is 0 Å². The number of ether oxygens (including phenoxy) is 1. The van der Waals surface area contributed by atoms with Gasteiger partial charge in [0.05, 0.1) is 25.3 Å². The van der Waals surface area contributed by atoms with Crippen LogP contribution in [0, 0.1) is 5.92 Å². The fraction of sp³-hybridized carbons (Fsp3) is 0.900. The second kappa shape index (κ2) is 4.17. The Bertz CT molecular complexity index is 209. The molecule has 0 unspecified atom stereocenters. The van der Waals surface area contributed by atoms with Gasteiger partial charge in [0, 0.05) is 0 Å². The lowest BCUT2D eigenvalue weighted by Crippen LogP contribution is -2.63. The van der Waals surface area contributed by atoms with Gasteiger partial charge in [-0.25, -0.2) is 4.79 Å². The molecule has 0 atom stereocenters. The van der Waals surface area contributed by atoms with Gasteiger partial charge in [0.25, 0.3) is 0 Å². The van der Waals surface area contributed by atoms with Gasteiger partial charge in [-0.1, -0.05) is 20.8 Å². The number of rotatable bonds is 3. The van der Waals surface area contributed by atoms with Crippen molar-refractivity contribution in [1.82, 2.24) is 4.90 Å². The lowest BCUT2D eigenvalue weighted by molar-refractivity contribution is -0.0910. The Hall–Kier alpha value is -0.770. The largest absolute Gasteiger partial charge is 0.449 e. The first-order chi connectivity index (χ1) is 6.47. The van der Waals surface area contributed by atoms with E-state index in [0.717, 1.165) is 0 Å². The standard InChI is InChI=1S/C10H19NO3/c1-4-10(13)6-11(7-10)9(12)14-5-8(2)3/h8,13H,4-7H2,1-3H3. The summed E-state index contributed by atoms with van der Waals surface area (Å²) in [6, 6.07) is 0. The van der Waals surface area contributed by atoms with Crippen molar-refractivity contribution in [3.05, 3.63) is 0 Å². The van der Waals surface area contributed by atoms with Gasteiger partial charge >= 0.3 is 6.09 Å². The molecule has 1 aliphatic heterocycles. The Labute approximate surface area is 84.8 Å². The van der Waals surface area contributed by atoms with Crippen LogP contribution in [-0.2, 0) is 4.74 Å². The highest BCUT2D eigenvalue weighted by Gasteiger charge is 2.42. The first kappa shape index (κ1) is 11.3. The van der Waals surface area contributed by atoms with Gasteiger partial charge in [-0.05, 0) is 12.3 Å². The molecule has 0 bridgehead atoms. The summed E-state index contributed by atoms with van der Waals surface area (Å²) in [6.07, 6.45) is 0.373. The van der Waals surface area contributed by atoms with Crippen LogP contribution in [0.25, 0.3) is 0 Å². The van der Waals surface area contributed by atoms with Crippen LogP contribution in [0.1, 0.15) is 27.2 Å². The fourth-order valence-corrected chi connectivity index (χ4v) is 1.35. The van der Waals surface area contributed by atoms with Crippen LogP contribution in [-0.4, -0.2) is 41.4 Å². The van der Waals surface area contributed by atoms with Crippen molar-refractivity contribution < 1.29 is 14.6 Å². The van der Waals surface area contributed by atoms with Crippen molar-refractivity contribution in [1.29, 1.82) is 0 Å². The molecule has 1 heterocycles. The van der Waals surface area contributed by atoms with Gasteiger partial charge in [0.1, 0.15) is 0 Å². The minimum atomic E-state index is -0.670. The van der Waals surface area contributed by atoms with Gasteiger partial charge in [0.15, 0.2) is 0 Å². The second-order valence-corrected chi connectivity index (χ2v) is 4.40. The average molecular weight is 201 g/mol. The summed E-state index contributed by atoms with van der Waals surface area (Å²) in [7, 11) is 0. The van der Waals surface area contributed by atoms with Crippen LogP contribution in [0.4, 0.5) is 4.79 Å². The number of aliphatic hydroxyl groups is 1. The van der Waals surface area contributed by atoms with E-state index < -0.39 is 5.60 Å². The number of hydrogen-bond donors (Lipinski definition) is 1. The van der Waals surface area contributed by atoms with Crippen LogP contribution in [0.5, 0.6) is 0 Å². The molecule has 4 heteroatoms. The highest BCUT2D eigenvalue weighted by atomic mass is 16.6. The van der Waals surface area contributed by atoms with E-state index >= 15 is 0 Å². The molecular formula is C10H19NO3. The third kappa shape index (κ3) is 2.61. The molecule has 82 valence electrons. The molecule has 1 fully saturated rings. The molecule has 1 saturated heterocycles. The number of carbonyl (C=O) groups excluding carboxylic acids is 1. The molecule has 0 spiro atoms. The van der Waals surface area contributed by atoms with E-state index in [1.807, 2.05) is 20.8 Å². The van der Waals surface area contributed by atoms with E-state index in [9.17, 15) is 9.90 Å². The molecule has 0 radical (unpaired) electrons. The Morgan fingerprint density at radius 1 is 1.57 bits per heavy atom. The molecule has 0 aromatic heterocycles. The first-order valence-corrected chi connectivity index (χ1v) is 5.11. The molecule has 14 heavy (non-hydrogen) atoms. The van der Waals surface area contributed by atoms with Gasteiger partial charge in [-0.3, -0.25) is 0 Å². The van der Waals surface area contributed by atoms with Gasteiger partial charge in [-0.15, -0.1) is 0 Å². The van der Waals surface area contributed by atoms with E-state index in [1.165, 1.54) is 4.90 Å². The highest BCUT2D eigenvalue weighted by molar-refractivity contribution is 5.69. The van der Waals surface area contributed by atoms with E-state index in [1.54, 1.807) is 0 Å². The third-order valence-electron chi connectivity index (χ3n) is 2.43. The first-order valence-electron chi connectivity index (χ1n) is 5.11. The van der Waals surface area contributed by atoms with E-state index in [2.05, 4.69) is 0 Å². The van der Waals surface area contributed by atoms with Gasteiger partial charge < -0.3 is 14.7 Å². The zero-order valence-electron chi connectivity index (χ0n) is 9.12. The summed E-state index contributed by atoms with van der Waals surface area (Å²) in [5, 5.41) is 9.67. The molecule has 1 aliphatic rings. The van der Waals surface area contributed by atoms with Crippen LogP contribution >= 0.6 is 0 Å². The zero-order chi connectivity index (χ0) is 10.8. The summed E-state index contributed by atoms with van der Waals surface area (Å²) >= 11 is 0. The Morgan fingerprint density at radius 3 is 2.57 bits per heavy atom. The smallest absolute Gasteiger partial charge is 0.409 e. The maximum absolute atomic E-state index is 11.3. The predicted octanol–water partition coefficient (Wildman–Crippen LogP) is 1.24. The highest BCUT2D eigenvalue weighted by Crippen LogP contribution is 2.24. The number of β-amino-alcohol motifs (C(OH)–C–C–N with tert-alkyl or cyclic N) is 1. The molecule has 0 aliphatic carbocycles. The molecule has 0 aromatic carbocycles. The fourth-order valence-electron chi connectivity index (χ4n) is 1.35. The number of nitrogens with zero attached hydrogens (tertiary/aromatic N) is 1. The number of likely N-dealkylation sites (tertiary alicyclic amines) is 1. The van der Waals surface area contributed by atoms with Crippen molar-refractivity contribution in [2.75, 3.05) is 19.7 Å². The van der Waals surface area contributed by atoms with E-state index in [4.69, 9.17) is 4.74 Å². The Kier molecular flexibility index (Phi) is 3.37. The number of hydrogen-bond acceptors (Lipinski definition) is 3. The molecule has 0 saturated carbocycles. The number of carbonyl (C=O) groups is 1. The van der Waals surface area contributed by atoms with Gasteiger partial charge in [-0.2, -0.15) is 0 Å². The second-order valence-electron chi connectivity index (χ2n) is 4.40. The lowest BCUT2D eigenvalue weighted by Gasteiger charge is -2.45. The SMILES string of the molecule is CCC1(O)CN(C(=O)OCC(C)C)C1. The quantitative estimate of drug-likeness (QED) is 0.747. The molecular weight excluding hydrogens is 182 g/mol. The van der Waals surface area contributed by atoms with Crippen molar-refractivity contribution >= 4 is 6.09 Å². The van der Waals surface area contributed by atoms with Crippen LogP contribution in [0.15, 0.2) is 0 Å². The predicted molar refractivity (Wildman–Crippen MR) is 53.0 cm³/mol. The molecule has 1 amide bonds. The summed E-state index contributed by atoms with van der Waals surface area (Å²) in [5.74, 6) is 0.352. The Balaban J connectivity index is 2.23. The normalized spacial score (nSPS) is 19.4. The Morgan fingerprint density at radius 2 is 2.14 bits per heavy atom. The minimum absolute atomic E-state index is 0.308. The molecule has 1 N–H and O–H groups in total. The van der Waals surface area contributed by atoms with E-state index in [-0.39, 0.29) is 6.09 Å². The summed E-state index contributed by atoms with van der Waals surface area (Å²) < 4.78 is 5.02. The topological polar surface area (TPSA) is 49.8 Å². The zero-order valence-corrected chi connectivity index (χ0v) is 9.12. The third-order valence-corrected chi connectivity index (χ3v) is 2.43. The van der Waals surface area contributed by atoms with Crippen molar-refractivity contribution in [2.24, 2.45) is 5.92 Å². The maximum atomic E-state index is 11.3. The molecule has 1 rings (SSSR count). The van der Waals surface area contributed by atoms with Crippen LogP contribution in [0.3, 0.4) is 0 Å². The van der Waals surface area contributed by atoms with Crippen LogP contribution < -0.4 is 0 Å². The van der Waals surface area contributed by atoms with Crippen molar-refractivity contribution in [3.8, 4) is 0 Å². The number of amides is 1. The van der Waals surface area contributed by atoms with Crippen molar-refractivity contribution in [2.45, 2.75) is 32.8 Å². The van der Waals surface area contributed by atoms with E-state index in [0.29, 0.717) is 32.0 Å². The molecule has 0 aromatic rings. The minimum Gasteiger partial charge on any atom is -0.449 e. The van der Waals surface area contributed by atoms with Crippen molar-refractivity contribution in [3.63, 3.8) is 0 Å². The average Bonchev–Trinajstić information content (AvgIpc) is 2.09. The maximum Gasteiger partial charge on any atom is 0.409 e. The lowest BCUT2D eigenvalue weighted by atomic mass is 9.92. The summed E-state index contributed by atoms with van der Waals surface area (Å²) in [6.45, 7) is 7.15. The summed E-state index contributed by atoms with van der Waals surface area (Å²) in [5.41, 5.74) is -0.670. The molecule has 4 nitrogen and oxygen atoms in total. The van der Waals surface area contributed by atoms with Gasteiger partial charge in [0.2, 0.25) is 0 Å². The monoisotopic (exact) mass is 201 g/mol. The summed E-state index contributed by atoms with van der Waals surface area (Å²) in [4.78, 5) is 12.9.